The van der Waals surface area contributed by atoms with E-state index in [9.17, 15) is 40.5 Å². The summed E-state index contributed by atoms with van der Waals surface area (Å²) in [6.45, 7) is 3.39. The molecule has 0 saturated carbocycles. The van der Waals surface area contributed by atoms with Gasteiger partial charge >= 0.3 is 0 Å². The number of aliphatic hydroxyl groups excluding tert-OH is 7. The van der Waals surface area contributed by atoms with Gasteiger partial charge in [-0.25, -0.2) is 0 Å². The minimum atomic E-state index is -1.67. The maximum atomic E-state index is 13.1. The number of unbranched alkanes of at least 4 members (excludes halogenated alkanes) is 20. The number of carbonyl (C=O) groups is 1. The van der Waals surface area contributed by atoms with Crippen LogP contribution in [0.2, 0.25) is 0 Å². The van der Waals surface area contributed by atoms with Gasteiger partial charge in [-0.05, 0) is 89.9 Å². The summed E-state index contributed by atoms with van der Waals surface area (Å²) in [7, 11) is 0. The number of amides is 1. The van der Waals surface area contributed by atoms with Crippen molar-refractivity contribution in [1.82, 2.24) is 5.32 Å². The Morgan fingerprint density at radius 1 is 0.557 bits per heavy atom. The lowest BCUT2D eigenvalue weighted by Gasteiger charge is -2.40. The van der Waals surface area contributed by atoms with E-state index < -0.39 is 74.2 Å². The van der Waals surface area contributed by atoms with Crippen molar-refractivity contribution in [2.45, 2.75) is 249 Å². The molecule has 61 heavy (non-hydrogen) atoms. The first kappa shape index (κ1) is 57.1. The molecule has 11 heteroatoms. The molecule has 8 N–H and O–H groups in total. The zero-order valence-corrected chi connectivity index (χ0v) is 38.4. The summed E-state index contributed by atoms with van der Waals surface area (Å²) in [6, 6.07) is -1.20. The molecule has 11 nitrogen and oxygen atoms in total. The fourth-order valence-electron chi connectivity index (χ4n) is 7.47. The smallest absolute Gasteiger partial charge is 0.249 e. The lowest BCUT2D eigenvalue weighted by molar-refractivity contribution is -0.303. The van der Waals surface area contributed by atoms with Crippen LogP contribution in [0.4, 0.5) is 0 Å². The van der Waals surface area contributed by atoms with Crippen LogP contribution in [-0.2, 0) is 14.3 Å². The lowest BCUT2D eigenvalue weighted by atomic mass is 9.98. The summed E-state index contributed by atoms with van der Waals surface area (Å²) < 4.78 is 11.1. The highest BCUT2D eigenvalue weighted by atomic mass is 16.7. The summed E-state index contributed by atoms with van der Waals surface area (Å²) in [5.41, 5.74) is 0. The van der Waals surface area contributed by atoms with Crippen LogP contribution in [0.1, 0.15) is 194 Å². The van der Waals surface area contributed by atoms with Gasteiger partial charge in [0, 0.05) is 0 Å². The number of hydrogen-bond acceptors (Lipinski definition) is 10. The second kappa shape index (κ2) is 39.6. The Balaban J connectivity index is 2.48. The standard InChI is InChI=1S/C50H91NO10/c1-3-5-7-9-11-13-15-17-19-21-23-25-27-29-31-33-35-37-42(53)45(55)41(40-60-50-48(58)47(57)46(56)44(39-52)61-50)51-49(59)43(54)38-36-34-32-30-28-26-24-22-20-18-16-14-12-10-8-6-4-2/h13,15,21,23-24,26,29,31,41-48,50,52-58H,3-12,14,16-20,22,25,27-28,30,32-40H2,1-2H3,(H,51,59)/b15-13+,23-21+,26-24-,31-29+. The van der Waals surface area contributed by atoms with E-state index in [4.69, 9.17) is 9.47 Å². The molecular weight excluding hydrogens is 775 g/mol. The number of nitrogens with one attached hydrogen (secondary N) is 1. The first-order valence-corrected chi connectivity index (χ1v) is 24.5. The van der Waals surface area contributed by atoms with E-state index in [0.29, 0.717) is 19.3 Å². The molecule has 1 heterocycles. The van der Waals surface area contributed by atoms with E-state index in [1.54, 1.807) is 0 Å². The van der Waals surface area contributed by atoms with Gasteiger partial charge in [0.25, 0.3) is 0 Å². The molecule has 0 aromatic heterocycles. The number of rotatable bonds is 40. The van der Waals surface area contributed by atoms with E-state index >= 15 is 0 Å². The third-order valence-corrected chi connectivity index (χ3v) is 11.6. The molecule has 1 aliphatic rings. The van der Waals surface area contributed by atoms with Gasteiger partial charge in [-0.15, -0.1) is 0 Å². The average molecular weight is 866 g/mol. The Morgan fingerprint density at radius 3 is 1.48 bits per heavy atom. The third kappa shape index (κ3) is 29.2. The number of allylic oxidation sites excluding steroid dienone is 8. The van der Waals surface area contributed by atoms with Crippen molar-refractivity contribution < 1.29 is 50.0 Å². The van der Waals surface area contributed by atoms with E-state index in [1.807, 2.05) is 0 Å². The molecule has 1 saturated heterocycles. The molecule has 9 atom stereocenters. The highest BCUT2D eigenvalue weighted by molar-refractivity contribution is 5.80. The summed E-state index contributed by atoms with van der Waals surface area (Å²) in [4.78, 5) is 13.1. The van der Waals surface area contributed by atoms with Crippen molar-refractivity contribution in [3.8, 4) is 0 Å². The van der Waals surface area contributed by atoms with Gasteiger partial charge in [0.05, 0.1) is 25.4 Å². The zero-order chi connectivity index (χ0) is 44.8. The molecule has 1 rings (SSSR count). The van der Waals surface area contributed by atoms with Crippen LogP contribution in [0.3, 0.4) is 0 Å². The predicted molar refractivity (Wildman–Crippen MR) is 247 cm³/mol. The number of hydrogen-bond donors (Lipinski definition) is 8. The van der Waals surface area contributed by atoms with Crippen molar-refractivity contribution in [3.63, 3.8) is 0 Å². The second-order valence-electron chi connectivity index (χ2n) is 17.1. The first-order valence-electron chi connectivity index (χ1n) is 24.5. The van der Waals surface area contributed by atoms with Crippen molar-refractivity contribution in [1.29, 1.82) is 0 Å². The second-order valence-corrected chi connectivity index (χ2v) is 17.1. The zero-order valence-electron chi connectivity index (χ0n) is 38.4. The summed E-state index contributed by atoms with van der Waals surface area (Å²) in [5, 5.41) is 75.7. The quantitative estimate of drug-likeness (QED) is 0.0219. The van der Waals surface area contributed by atoms with Crippen LogP contribution >= 0.6 is 0 Å². The van der Waals surface area contributed by atoms with Crippen molar-refractivity contribution >= 4 is 5.91 Å². The van der Waals surface area contributed by atoms with Gasteiger partial charge in [0.1, 0.15) is 36.6 Å². The van der Waals surface area contributed by atoms with Gasteiger partial charge in [0.2, 0.25) is 5.91 Å². The van der Waals surface area contributed by atoms with E-state index in [2.05, 4.69) is 67.8 Å². The molecule has 356 valence electrons. The van der Waals surface area contributed by atoms with Crippen LogP contribution in [0, 0.1) is 0 Å². The van der Waals surface area contributed by atoms with Crippen LogP contribution in [0.15, 0.2) is 48.6 Å². The Morgan fingerprint density at radius 2 is 0.984 bits per heavy atom. The Bertz CT molecular complexity index is 1130. The maximum Gasteiger partial charge on any atom is 0.249 e. The molecule has 0 radical (unpaired) electrons. The Hall–Kier alpha value is -1.93. The molecule has 1 aliphatic heterocycles. The molecule has 1 amide bonds. The largest absolute Gasteiger partial charge is 0.394 e. The van der Waals surface area contributed by atoms with E-state index in [0.717, 1.165) is 57.8 Å². The number of carbonyl (C=O) groups excluding carboxylic acids is 1. The number of ether oxygens (including phenoxy) is 2. The van der Waals surface area contributed by atoms with Crippen LogP contribution in [0.25, 0.3) is 0 Å². The molecule has 0 aliphatic carbocycles. The average Bonchev–Trinajstić information content (AvgIpc) is 3.26. The Labute approximate surface area is 370 Å². The highest BCUT2D eigenvalue weighted by Crippen LogP contribution is 2.23. The van der Waals surface area contributed by atoms with Gasteiger partial charge in [0.15, 0.2) is 6.29 Å². The minimum absolute atomic E-state index is 0.234. The van der Waals surface area contributed by atoms with Crippen LogP contribution in [-0.4, -0.2) is 110 Å². The molecule has 0 aromatic carbocycles. The predicted octanol–water partition coefficient (Wildman–Crippen LogP) is 8.56. The molecule has 9 unspecified atom stereocenters. The molecule has 1 fully saturated rings. The highest BCUT2D eigenvalue weighted by Gasteiger charge is 2.44. The number of aliphatic hydroxyl groups is 7. The summed E-state index contributed by atoms with van der Waals surface area (Å²) in [6.07, 6.45) is 35.8. The molecule has 0 bridgehead atoms. The van der Waals surface area contributed by atoms with Gasteiger partial charge in [-0.1, -0.05) is 152 Å². The van der Waals surface area contributed by atoms with Crippen molar-refractivity contribution in [3.05, 3.63) is 48.6 Å². The summed E-state index contributed by atoms with van der Waals surface area (Å²) >= 11 is 0. The summed E-state index contributed by atoms with van der Waals surface area (Å²) in [5.74, 6) is -0.723. The van der Waals surface area contributed by atoms with Crippen molar-refractivity contribution in [2.24, 2.45) is 0 Å². The van der Waals surface area contributed by atoms with Gasteiger partial charge < -0.3 is 50.5 Å². The fourth-order valence-corrected chi connectivity index (χ4v) is 7.47. The Kier molecular flexibility index (Phi) is 37.1. The maximum absolute atomic E-state index is 13.1. The SMILES string of the molecule is CCCCCC/C=C/CC/C=C/CC/C=C/CCCC(O)C(O)C(COC1OC(CO)C(O)C(O)C1O)NC(=O)C(O)CCCCCC/C=C\CCCCCCCCCCC. The van der Waals surface area contributed by atoms with E-state index in [-0.39, 0.29) is 12.8 Å². The first-order chi connectivity index (χ1) is 29.7. The monoisotopic (exact) mass is 866 g/mol. The van der Waals surface area contributed by atoms with Gasteiger partial charge in [-0.3, -0.25) is 4.79 Å². The fraction of sp³-hybridized carbons (Fsp3) is 0.820. The van der Waals surface area contributed by atoms with Crippen LogP contribution in [0.5, 0.6) is 0 Å². The van der Waals surface area contributed by atoms with Crippen LogP contribution < -0.4 is 5.32 Å². The normalized spacial score (nSPS) is 21.9. The molecule has 0 spiro atoms. The molecule has 0 aromatic rings. The minimum Gasteiger partial charge on any atom is -0.394 e. The van der Waals surface area contributed by atoms with E-state index in [1.165, 1.54) is 89.9 Å². The topological polar surface area (TPSA) is 189 Å². The third-order valence-electron chi connectivity index (χ3n) is 11.6. The van der Waals surface area contributed by atoms with Crippen molar-refractivity contribution in [2.75, 3.05) is 13.2 Å². The lowest BCUT2D eigenvalue weighted by Crippen LogP contribution is -2.60. The van der Waals surface area contributed by atoms with Gasteiger partial charge in [-0.2, -0.15) is 0 Å². The molecular formula is C50H91NO10.